The van der Waals surface area contributed by atoms with Crippen LogP contribution in [0.4, 0.5) is 4.79 Å². The molecule has 2 rings (SSSR count). The number of ether oxygens (including phenoxy) is 2. The van der Waals surface area contributed by atoms with Crippen LogP contribution in [0.15, 0.2) is 6.33 Å². The summed E-state index contributed by atoms with van der Waals surface area (Å²) >= 11 is 6.11. The lowest BCUT2D eigenvalue weighted by Crippen LogP contribution is -2.18. The zero-order valence-corrected chi connectivity index (χ0v) is 11.8. The number of amides is 1. The van der Waals surface area contributed by atoms with Crippen LogP contribution in [0.2, 0.25) is 0 Å². The molecular formula is C11H14ClN5O3. The number of methoxy groups -OCH3 is 1. The smallest absolute Gasteiger partial charge is 0.404 e. The standard InChI is InChI=1S/C11H14ClN5O3/c1-6(12)8-16-7-9(14-5-15-10(7)19-2)17(8)3-4-20-11(13)18/h5-6H,3-4H2,1-2H3,(H2,13,18). The second kappa shape index (κ2) is 5.91. The number of carbonyl (C=O) groups is 1. The van der Waals surface area contributed by atoms with Gasteiger partial charge in [-0.2, -0.15) is 4.98 Å². The largest absolute Gasteiger partial charge is 0.479 e. The third kappa shape index (κ3) is 2.74. The molecule has 20 heavy (non-hydrogen) atoms. The summed E-state index contributed by atoms with van der Waals surface area (Å²) in [7, 11) is 1.50. The highest BCUT2D eigenvalue weighted by atomic mass is 35.5. The van der Waals surface area contributed by atoms with Crippen LogP contribution in [0.5, 0.6) is 5.88 Å². The minimum atomic E-state index is -0.831. The monoisotopic (exact) mass is 299 g/mol. The molecule has 9 heteroatoms. The third-order valence-electron chi connectivity index (χ3n) is 2.64. The zero-order chi connectivity index (χ0) is 14.7. The van der Waals surface area contributed by atoms with Crippen LogP contribution in [-0.4, -0.2) is 39.3 Å². The number of primary amides is 1. The van der Waals surface area contributed by atoms with Crippen molar-refractivity contribution in [1.82, 2.24) is 19.5 Å². The highest BCUT2D eigenvalue weighted by molar-refractivity contribution is 6.20. The average molecular weight is 300 g/mol. The molecule has 1 atom stereocenters. The molecule has 0 aromatic carbocycles. The van der Waals surface area contributed by atoms with E-state index in [-0.39, 0.29) is 12.0 Å². The number of fused-ring (bicyclic) bond motifs is 1. The molecule has 2 aromatic heterocycles. The lowest BCUT2D eigenvalue weighted by Gasteiger charge is -2.09. The number of halogens is 1. The number of hydrogen-bond acceptors (Lipinski definition) is 6. The minimum Gasteiger partial charge on any atom is -0.479 e. The summed E-state index contributed by atoms with van der Waals surface area (Å²) in [6, 6.07) is 0. The van der Waals surface area contributed by atoms with Crippen molar-refractivity contribution in [3.8, 4) is 5.88 Å². The Bertz CT molecular complexity index is 628. The van der Waals surface area contributed by atoms with Crippen molar-refractivity contribution in [2.24, 2.45) is 5.73 Å². The van der Waals surface area contributed by atoms with E-state index in [1.165, 1.54) is 13.4 Å². The first-order valence-electron chi connectivity index (χ1n) is 5.86. The summed E-state index contributed by atoms with van der Waals surface area (Å²) < 4.78 is 11.6. The van der Waals surface area contributed by atoms with Gasteiger partial charge in [0.25, 0.3) is 0 Å². The first-order valence-corrected chi connectivity index (χ1v) is 6.29. The maximum atomic E-state index is 10.6. The Morgan fingerprint density at radius 3 is 2.90 bits per heavy atom. The molecule has 0 spiro atoms. The Morgan fingerprint density at radius 2 is 2.30 bits per heavy atom. The Kier molecular flexibility index (Phi) is 4.23. The van der Waals surface area contributed by atoms with E-state index in [1.54, 1.807) is 11.5 Å². The van der Waals surface area contributed by atoms with E-state index >= 15 is 0 Å². The van der Waals surface area contributed by atoms with Gasteiger partial charge >= 0.3 is 6.09 Å². The zero-order valence-electron chi connectivity index (χ0n) is 11.0. The predicted octanol–water partition coefficient (Wildman–Crippen LogP) is 1.23. The number of imidazole rings is 1. The van der Waals surface area contributed by atoms with E-state index in [1.807, 2.05) is 0 Å². The van der Waals surface area contributed by atoms with Crippen LogP contribution in [-0.2, 0) is 11.3 Å². The SMILES string of the molecule is COc1ncnc2c1nc(C(C)Cl)n2CCOC(N)=O. The summed E-state index contributed by atoms with van der Waals surface area (Å²) in [5.74, 6) is 0.955. The lowest BCUT2D eigenvalue weighted by atomic mass is 10.4. The molecule has 0 aliphatic rings. The highest BCUT2D eigenvalue weighted by Gasteiger charge is 2.19. The van der Waals surface area contributed by atoms with Gasteiger partial charge in [-0.25, -0.2) is 14.8 Å². The van der Waals surface area contributed by atoms with Gasteiger partial charge in [0.15, 0.2) is 11.2 Å². The van der Waals surface area contributed by atoms with Crippen molar-refractivity contribution in [2.45, 2.75) is 18.8 Å². The van der Waals surface area contributed by atoms with Gasteiger partial charge in [-0.05, 0) is 6.92 Å². The predicted molar refractivity (Wildman–Crippen MR) is 71.7 cm³/mol. The molecule has 108 valence electrons. The summed E-state index contributed by atoms with van der Waals surface area (Å²) in [6.45, 7) is 2.23. The fourth-order valence-electron chi connectivity index (χ4n) is 1.84. The molecule has 2 aromatic rings. The normalized spacial score (nSPS) is 12.3. The number of rotatable bonds is 5. The Hall–Kier alpha value is -2.09. The summed E-state index contributed by atoms with van der Waals surface area (Å²) in [5, 5.41) is -0.345. The van der Waals surface area contributed by atoms with Crippen molar-refractivity contribution in [2.75, 3.05) is 13.7 Å². The first-order chi connectivity index (χ1) is 9.54. The Morgan fingerprint density at radius 1 is 1.55 bits per heavy atom. The van der Waals surface area contributed by atoms with Crippen molar-refractivity contribution in [3.63, 3.8) is 0 Å². The van der Waals surface area contributed by atoms with Crippen LogP contribution in [0.25, 0.3) is 11.2 Å². The van der Waals surface area contributed by atoms with Crippen molar-refractivity contribution >= 4 is 28.9 Å². The van der Waals surface area contributed by atoms with Crippen LogP contribution < -0.4 is 10.5 Å². The van der Waals surface area contributed by atoms with Crippen LogP contribution >= 0.6 is 11.6 Å². The number of nitrogens with two attached hydrogens (primary N) is 1. The van der Waals surface area contributed by atoms with Gasteiger partial charge in [-0.1, -0.05) is 0 Å². The van der Waals surface area contributed by atoms with E-state index in [9.17, 15) is 4.79 Å². The number of nitrogens with zero attached hydrogens (tertiary/aromatic N) is 4. The third-order valence-corrected chi connectivity index (χ3v) is 2.83. The second-order valence-corrected chi connectivity index (χ2v) is 4.61. The topological polar surface area (TPSA) is 105 Å². The molecule has 0 fully saturated rings. The molecule has 0 aliphatic heterocycles. The van der Waals surface area contributed by atoms with Crippen LogP contribution in [0.1, 0.15) is 18.1 Å². The van der Waals surface area contributed by atoms with Gasteiger partial charge in [-0.3, -0.25) is 0 Å². The fraction of sp³-hybridized carbons (Fsp3) is 0.455. The van der Waals surface area contributed by atoms with Crippen LogP contribution in [0, 0.1) is 0 Å². The number of aromatic nitrogens is 4. The fourth-order valence-corrected chi connectivity index (χ4v) is 2.01. The molecule has 0 aliphatic carbocycles. The summed E-state index contributed by atoms with van der Waals surface area (Å²) in [4.78, 5) is 23.2. The van der Waals surface area contributed by atoms with Gasteiger partial charge in [0.05, 0.1) is 19.0 Å². The van der Waals surface area contributed by atoms with E-state index in [0.29, 0.717) is 29.4 Å². The van der Waals surface area contributed by atoms with Gasteiger partial charge < -0.3 is 19.8 Å². The molecule has 0 saturated carbocycles. The average Bonchev–Trinajstić information content (AvgIpc) is 2.77. The van der Waals surface area contributed by atoms with E-state index < -0.39 is 6.09 Å². The lowest BCUT2D eigenvalue weighted by molar-refractivity contribution is 0.152. The second-order valence-electron chi connectivity index (χ2n) is 3.96. The number of alkyl halides is 1. The molecule has 0 saturated heterocycles. The molecule has 2 heterocycles. The number of hydrogen-bond donors (Lipinski definition) is 1. The summed E-state index contributed by atoms with van der Waals surface area (Å²) in [6.07, 6.45) is 0.541. The van der Waals surface area contributed by atoms with Crippen molar-refractivity contribution < 1.29 is 14.3 Å². The maximum absolute atomic E-state index is 10.6. The van der Waals surface area contributed by atoms with E-state index in [4.69, 9.17) is 26.8 Å². The Balaban J connectivity index is 2.43. The molecule has 0 bridgehead atoms. The quantitative estimate of drug-likeness (QED) is 0.832. The Labute approximate surface area is 119 Å². The van der Waals surface area contributed by atoms with Crippen molar-refractivity contribution in [1.29, 1.82) is 0 Å². The van der Waals surface area contributed by atoms with Crippen molar-refractivity contribution in [3.05, 3.63) is 12.2 Å². The molecule has 1 unspecified atom stereocenters. The molecule has 8 nitrogen and oxygen atoms in total. The van der Waals surface area contributed by atoms with E-state index in [0.717, 1.165) is 0 Å². The minimum absolute atomic E-state index is 0.101. The highest BCUT2D eigenvalue weighted by Crippen LogP contribution is 2.27. The molecule has 1 amide bonds. The maximum Gasteiger partial charge on any atom is 0.404 e. The molecular weight excluding hydrogens is 286 g/mol. The van der Waals surface area contributed by atoms with Gasteiger partial charge in [0.1, 0.15) is 18.8 Å². The molecule has 2 N–H and O–H groups in total. The first kappa shape index (κ1) is 14.3. The summed E-state index contributed by atoms with van der Waals surface area (Å²) in [5.41, 5.74) is 6.00. The van der Waals surface area contributed by atoms with Crippen LogP contribution in [0.3, 0.4) is 0 Å². The number of carbonyl (C=O) groups excluding carboxylic acids is 1. The van der Waals surface area contributed by atoms with Gasteiger partial charge in [0, 0.05) is 0 Å². The van der Waals surface area contributed by atoms with Gasteiger partial charge in [-0.15, -0.1) is 11.6 Å². The molecule has 0 radical (unpaired) electrons. The van der Waals surface area contributed by atoms with E-state index in [2.05, 4.69) is 15.0 Å². The van der Waals surface area contributed by atoms with Gasteiger partial charge in [0.2, 0.25) is 5.88 Å².